The van der Waals surface area contributed by atoms with E-state index in [-0.39, 0.29) is 22.3 Å². The molecule has 2 heterocycles. The Morgan fingerprint density at radius 3 is 2.61 bits per heavy atom. The fourth-order valence-electron chi connectivity index (χ4n) is 3.40. The third kappa shape index (κ3) is 4.13. The van der Waals surface area contributed by atoms with Gasteiger partial charge in [-0.1, -0.05) is 34.1 Å². The highest BCUT2D eigenvalue weighted by Crippen LogP contribution is 2.28. The van der Waals surface area contributed by atoms with Crippen LogP contribution in [0.15, 0.2) is 73.2 Å². The van der Waals surface area contributed by atoms with Gasteiger partial charge in [-0.05, 0) is 55.3 Å². The van der Waals surface area contributed by atoms with Crippen molar-refractivity contribution in [3.05, 3.63) is 86.7 Å². The van der Waals surface area contributed by atoms with Crippen molar-refractivity contribution >= 4 is 42.9 Å². The maximum atomic E-state index is 13.3. The first-order chi connectivity index (χ1) is 14.7. The lowest BCUT2D eigenvalue weighted by molar-refractivity contribution is 0.489. The summed E-state index contributed by atoms with van der Waals surface area (Å²) in [5.41, 5.74) is 1.88. The third-order valence-electron chi connectivity index (χ3n) is 4.87. The molecular formula is C21H17BrFN3O4S. The Kier molecular flexibility index (Phi) is 5.44. The molecule has 0 saturated heterocycles. The fraction of sp³-hybridized carbons (Fsp3) is 0.143. The summed E-state index contributed by atoms with van der Waals surface area (Å²) in [5.74, 6) is -1.56. The van der Waals surface area contributed by atoms with Gasteiger partial charge in [-0.25, -0.2) is 18.2 Å². The van der Waals surface area contributed by atoms with E-state index >= 15 is 0 Å². The molecule has 0 fully saturated rings. The van der Waals surface area contributed by atoms with Crippen LogP contribution in [0.25, 0.3) is 11.1 Å². The molecule has 0 amide bonds. The van der Waals surface area contributed by atoms with E-state index in [1.54, 1.807) is 13.0 Å². The van der Waals surface area contributed by atoms with Crippen molar-refractivity contribution in [3.63, 3.8) is 0 Å². The van der Waals surface area contributed by atoms with Gasteiger partial charge in [0.2, 0.25) is 5.95 Å². The molecule has 7 nitrogen and oxygen atoms in total. The van der Waals surface area contributed by atoms with Gasteiger partial charge >= 0.3 is 5.76 Å². The van der Waals surface area contributed by atoms with Crippen LogP contribution in [0, 0.1) is 12.9 Å². The molecule has 160 valence electrons. The predicted octanol–water partition coefficient (Wildman–Crippen LogP) is 4.61. The molecule has 0 aliphatic carbocycles. The maximum Gasteiger partial charge on any atom is 0.420 e. The summed E-state index contributed by atoms with van der Waals surface area (Å²) in [6.07, 6.45) is 0. The smallest absolute Gasteiger partial charge is 0.408 e. The molecule has 1 atom stereocenters. The van der Waals surface area contributed by atoms with Crippen molar-refractivity contribution in [1.29, 1.82) is 0 Å². The number of nitrogens with one attached hydrogen (secondary N) is 1. The van der Waals surface area contributed by atoms with Gasteiger partial charge in [0.05, 0.1) is 16.5 Å². The maximum absolute atomic E-state index is 13.3. The summed E-state index contributed by atoms with van der Waals surface area (Å²) in [6, 6.07) is 13.9. The van der Waals surface area contributed by atoms with Crippen LogP contribution < -0.4 is 10.5 Å². The number of rotatable bonds is 5. The number of hydrogen-bond donors (Lipinski definition) is 1. The summed E-state index contributed by atoms with van der Waals surface area (Å²) in [5, 5.41) is 0. The number of halogens is 2. The van der Waals surface area contributed by atoms with Crippen LogP contribution in [-0.4, -0.2) is 18.0 Å². The number of sulfonamides is 1. The van der Waals surface area contributed by atoms with Crippen molar-refractivity contribution in [1.82, 2.24) is 9.55 Å². The van der Waals surface area contributed by atoms with Crippen LogP contribution in [-0.2, 0) is 10.0 Å². The average Bonchev–Trinajstić information content (AvgIpc) is 3.01. The number of fused-ring (bicyclic) bond motifs is 1. The Morgan fingerprint density at radius 1 is 1.16 bits per heavy atom. The van der Waals surface area contributed by atoms with Crippen LogP contribution >= 0.6 is 15.9 Å². The lowest BCUT2D eigenvalue weighted by atomic mass is 10.1. The fourth-order valence-corrected chi connectivity index (χ4v) is 5.06. The van der Waals surface area contributed by atoms with Crippen molar-refractivity contribution in [2.75, 3.05) is 4.72 Å². The Balaban J connectivity index is 1.79. The number of oxazole rings is 1. The monoisotopic (exact) mass is 505 g/mol. The van der Waals surface area contributed by atoms with Crippen molar-refractivity contribution < 1.29 is 17.2 Å². The number of benzene rings is 2. The second-order valence-electron chi connectivity index (χ2n) is 7.01. The van der Waals surface area contributed by atoms with Gasteiger partial charge in [-0.15, -0.1) is 0 Å². The lowest BCUT2D eigenvalue weighted by Gasteiger charge is -2.14. The Labute approximate surface area is 185 Å². The molecule has 2 aromatic carbocycles. The standard InChI is InChI=1S/C21H17BrFN3O4S/c1-12-9-16-17(11-18(12)31(28,29)25-20-8-4-7-19(23)24-20)30-21(27)26(16)13(2)14-5-3-6-15(22)10-14/h3-11,13H,1-2H3,(H,24,25)/t13-/m1/s1. The van der Waals surface area contributed by atoms with E-state index in [1.807, 2.05) is 31.2 Å². The molecule has 4 aromatic rings. The van der Waals surface area contributed by atoms with E-state index in [9.17, 15) is 17.6 Å². The molecule has 31 heavy (non-hydrogen) atoms. The average molecular weight is 506 g/mol. The van der Waals surface area contributed by atoms with E-state index in [1.165, 1.54) is 22.8 Å². The second kappa shape index (κ2) is 7.93. The van der Waals surface area contributed by atoms with Gasteiger partial charge in [0.15, 0.2) is 5.58 Å². The first-order valence-electron chi connectivity index (χ1n) is 9.22. The van der Waals surface area contributed by atoms with Gasteiger partial charge < -0.3 is 4.42 Å². The second-order valence-corrected chi connectivity index (χ2v) is 9.57. The number of aryl methyl sites for hydroxylation is 1. The van der Waals surface area contributed by atoms with E-state index in [4.69, 9.17) is 4.42 Å². The lowest BCUT2D eigenvalue weighted by Crippen LogP contribution is -2.19. The summed E-state index contributed by atoms with van der Waals surface area (Å²) in [6.45, 7) is 3.47. The number of hydrogen-bond acceptors (Lipinski definition) is 5. The van der Waals surface area contributed by atoms with Gasteiger partial charge in [-0.2, -0.15) is 4.39 Å². The van der Waals surface area contributed by atoms with Gasteiger partial charge in [-0.3, -0.25) is 9.29 Å². The zero-order valence-corrected chi connectivity index (χ0v) is 18.9. The highest BCUT2D eigenvalue weighted by molar-refractivity contribution is 9.10. The molecule has 0 saturated carbocycles. The molecule has 4 rings (SSSR count). The topological polar surface area (TPSA) is 94.2 Å². The van der Waals surface area contributed by atoms with Crippen molar-refractivity contribution in [2.24, 2.45) is 0 Å². The van der Waals surface area contributed by atoms with Gasteiger partial charge in [0.25, 0.3) is 10.0 Å². The van der Waals surface area contributed by atoms with E-state index in [0.717, 1.165) is 16.1 Å². The molecule has 0 unspecified atom stereocenters. The Morgan fingerprint density at radius 2 is 1.90 bits per heavy atom. The van der Waals surface area contributed by atoms with E-state index in [0.29, 0.717) is 11.1 Å². The normalized spacial score (nSPS) is 12.8. The van der Waals surface area contributed by atoms with E-state index < -0.39 is 21.7 Å². The third-order valence-corrected chi connectivity index (χ3v) is 6.86. The van der Waals surface area contributed by atoms with Crippen LogP contribution in [0.1, 0.15) is 24.1 Å². The van der Waals surface area contributed by atoms with Crippen LogP contribution in [0.5, 0.6) is 0 Å². The molecule has 0 spiro atoms. The molecule has 0 aliphatic heterocycles. The molecule has 1 N–H and O–H groups in total. The molecule has 0 bridgehead atoms. The molecule has 10 heteroatoms. The summed E-state index contributed by atoms with van der Waals surface area (Å²) in [4.78, 5) is 16.0. The summed E-state index contributed by atoms with van der Waals surface area (Å²) < 4.78 is 49.0. The van der Waals surface area contributed by atoms with Crippen LogP contribution in [0.4, 0.5) is 10.2 Å². The van der Waals surface area contributed by atoms with Crippen molar-refractivity contribution in [2.45, 2.75) is 24.8 Å². The zero-order chi connectivity index (χ0) is 22.3. The minimum atomic E-state index is -4.09. The molecule has 0 aliphatic rings. The van der Waals surface area contributed by atoms with Gasteiger partial charge in [0, 0.05) is 10.5 Å². The van der Waals surface area contributed by atoms with E-state index in [2.05, 4.69) is 25.6 Å². The SMILES string of the molecule is Cc1cc2c(cc1S(=O)(=O)Nc1cccc(F)n1)oc(=O)n2[C@H](C)c1cccc(Br)c1. The minimum absolute atomic E-state index is 0.0953. The first-order valence-corrected chi connectivity index (χ1v) is 11.5. The minimum Gasteiger partial charge on any atom is -0.408 e. The first kappa shape index (κ1) is 21.3. The van der Waals surface area contributed by atoms with Gasteiger partial charge in [0.1, 0.15) is 5.82 Å². The summed E-state index contributed by atoms with van der Waals surface area (Å²) in [7, 11) is -4.09. The van der Waals surface area contributed by atoms with Crippen molar-refractivity contribution in [3.8, 4) is 0 Å². The predicted molar refractivity (Wildman–Crippen MR) is 118 cm³/mol. The Bertz CT molecular complexity index is 1460. The quantitative estimate of drug-likeness (QED) is 0.399. The zero-order valence-electron chi connectivity index (χ0n) is 16.5. The number of nitrogens with zero attached hydrogens (tertiary/aromatic N) is 2. The molecule has 2 aromatic heterocycles. The Hall–Kier alpha value is -2.98. The largest absolute Gasteiger partial charge is 0.420 e. The molecule has 0 radical (unpaired) electrons. The van der Waals surface area contributed by atoms with Crippen LogP contribution in [0.3, 0.4) is 0 Å². The number of pyridine rings is 1. The number of aromatic nitrogens is 2. The molecular weight excluding hydrogens is 489 g/mol. The summed E-state index contributed by atoms with van der Waals surface area (Å²) >= 11 is 3.42. The number of anilines is 1. The highest BCUT2D eigenvalue weighted by atomic mass is 79.9. The highest BCUT2D eigenvalue weighted by Gasteiger charge is 2.23. The van der Waals surface area contributed by atoms with Crippen LogP contribution in [0.2, 0.25) is 0 Å².